The van der Waals surface area contributed by atoms with Crippen molar-refractivity contribution >= 4 is 17.4 Å². The van der Waals surface area contributed by atoms with E-state index in [1.165, 1.54) is 12.1 Å². The second-order valence-corrected chi connectivity index (χ2v) is 6.85. The molecule has 1 aromatic carbocycles. The van der Waals surface area contributed by atoms with Crippen LogP contribution in [0.5, 0.6) is 0 Å². The lowest BCUT2D eigenvalue weighted by Gasteiger charge is -2.36. The van der Waals surface area contributed by atoms with Gasteiger partial charge in [-0.25, -0.2) is 9.37 Å². The van der Waals surface area contributed by atoms with Crippen LogP contribution in [0.1, 0.15) is 23.2 Å². The lowest BCUT2D eigenvalue weighted by atomic mass is 10.2. The number of anilines is 2. The topological polar surface area (TPSA) is 39.7 Å². The number of nitrogens with zero attached hydrogens (tertiary/aromatic N) is 4. The van der Waals surface area contributed by atoms with Crippen LogP contribution < -0.4 is 9.80 Å². The molecular formula is C20H23FN4O. The summed E-state index contributed by atoms with van der Waals surface area (Å²) in [5.74, 6) is 0.751. The molecule has 0 atom stereocenters. The number of carbonyl (C=O) groups excluding carboxylic acids is 1. The third-order valence-electron chi connectivity index (χ3n) is 5.18. The first-order chi connectivity index (χ1) is 12.7. The predicted molar refractivity (Wildman–Crippen MR) is 100 cm³/mol. The van der Waals surface area contributed by atoms with Gasteiger partial charge in [-0.05, 0) is 49.2 Å². The SMILES string of the molecule is O=C(c1ccnc(N2CCN(c3ccc(F)cc3)CC2)c1)N1CCCC1. The van der Waals surface area contributed by atoms with Gasteiger partial charge >= 0.3 is 0 Å². The van der Waals surface area contributed by atoms with Gasteiger partial charge in [0.25, 0.3) is 5.91 Å². The molecular weight excluding hydrogens is 331 g/mol. The Bertz CT molecular complexity index is 766. The van der Waals surface area contributed by atoms with Crippen LogP contribution in [-0.4, -0.2) is 55.1 Å². The Morgan fingerprint density at radius 3 is 2.23 bits per heavy atom. The van der Waals surface area contributed by atoms with Gasteiger partial charge in [-0.3, -0.25) is 4.79 Å². The summed E-state index contributed by atoms with van der Waals surface area (Å²) in [6, 6.07) is 10.3. The Balaban J connectivity index is 1.42. The van der Waals surface area contributed by atoms with Crippen LogP contribution in [0.2, 0.25) is 0 Å². The highest BCUT2D eigenvalue weighted by molar-refractivity contribution is 5.95. The smallest absolute Gasteiger partial charge is 0.254 e. The average Bonchev–Trinajstić information content (AvgIpc) is 3.23. The van der Waals surface area contributed by atoms with Gasteiger partial charge in [-0.15, -0.1) is 0 Å². The average molecular weight is 354 g/mol. The minimum Gasteiger partial charge on any atom is -0.368 e. The fraction of sp³-hybridized carbons (Fsp3) is 0.400. The van der Waals surface area contributed by atoms with E-state index in [1.807, 2.05) is 23.1 Å². The van der Waals surface area contributed by atoms with E-state index in [-0.39, 0.29) is 11.7 Å². The van der Waals surface area contributed by atoms with E-state index in [0.29, 0.717) is 0 Å². The van der Waals surface area contributed by atoms with E-state index in [0.717, 1.165) is 69.2 Å². The second-order valence-electron chi connectivity index (χ2n) is 6.85. The summed E-state index contributed by atoms with van der Waals surface area (Å²) in [6.07, 6.45) is 3.91. The van der Waals surface area contributed by atoms with Crippen molar-refractivity contribution in [2.75, 3.05) is 49.1 Å². The summed E-state index contributed by atoms with van der Waals surface area (Å²) in [7, 11) is 0. The number of pyridine rings is 1. The maximum absolute atomic E-state index is 13.1. The first-order valence-corrected chi connectivity index (χ1v) is 9.21. The van der Waals surface area contributed by atoms with Crippen LogP contribution in [0.4, 0.5) is 15.9 Å². The van der Waals surface area contributed by atoms with Crippen molar-refractivity contribution in [3.8, 4) is 0 Å². The Hall–Kier alpha value is -2.63. The number of amides is 1. The minimum absolute atomic E-state index is 0.107. The van der Waals surface area contributed by atoms with Crippen molar-refractivity contribution in [1.29, 1.82) is 0 Å². The number of benzene rings is 1. The van der Waals surface area contributed by atoms with Gasteiger partial charge in [0.1, 0.15) is 11.6 Å². The number of hydrogen-bond acceptors (Lipinski definition) is 4. The lowest BCUT2D eigenvalue weighted by molar-refractivity contribution is 0.0792. The normalized spacial score (nSPS) is 17.7. The number of rotatable bonds is 3. The summed E-state index contributed by atoms with van der Waals surface area (Å²) in [4.78, 5) is 23.4. The van der Waals surface area contributed by atoms with E-state index in [4.69, 9.17) is 0 Å². The molecule has 1 amide bonds. The molecule has 1 aromatic heterocycles. The second kappa shape index (κ2) is 7.32. The fourth-order valence-electron chi connectivity index (χ4n) is 3.67. The van der Waals surface area contributed by atoms with Crippen molar-refractivity contribution in [2.24, 2.45) is 0 Å². The molecule has 0 unspecified atom stereocenters. The van der Waals surface area contributed by atoms with Crippen molar-refractivity contribution < 1.29 is 9.18 Å². The van der Waals surface area contributed by atoms with Crippen LogP contribution in [0.15, 0.2) is 42.6 Å². The number of carbonyl (C=O) groups is 1. The standard InChI is InChI=1S/C20H23FN4O/c21-17-3-5-18(6-4-17)23-11-13-24(14-12-23)19-15-16(7-8-22-19)20(26)25-9-1-2-10-25/h3-8,15H,1-2,9-14H2. The first kappa shape index (κ1) is 16.8. The van der Waals surface area contributed by atoms with Gasteiger partial charge in [-0.1, -0.05) is 0 Å². The highest BCUT2D eigenvalue weighted by Gasteiger charge is 2.22. The fourth-order valence-corrected chi connectivity index (χ4v) is 3.67. The molecule has 136 valence electrons. The number of likely N-dealkylation sites (tertiary alicyclic amines) is 1. The molecule has 3 heterocycles. The quantitative estimate of drug-likeness (QED) is 0.850. The van der Waals surface area contributed by atoms with Crippen molar-refractivity contribution in [3.05, 3.63) is 54.0 Å². The van der Waals surface area contributed by atoms with Gasteiger partial charge in [0, 0.05) is 56.7 Å². The Morgan fingerprint density at radius 2 is 1.54 bits per heavy atom. The van der Waals surface area contributed by atoms with Crippen molar-refractivity contribution in [3.63, 3.8) is 0 Å². The maximum Gasteiger partial charge on any atom is 0.254 e. The molecule has 5 nitrogen and oxygen atoms in total. The zero-order chi connectivity index (χ0) is 17.9. The van der Waals surface area contributed by atoms with Crippen LogP contribution >= 0.6 is 0 Å². The molecule has 2 aliphatic rings. The Kier molecular flexibility index (Phi) is 4.73. The number of halogens is 1. The molecule has 0 radical (unpaired) electrons. The van der Waals surface area contributed by atoms with Crippen LogP contribution in [0.25, 0.3) is 0 Å². The van der Waals surface area contributed by atoms with Gasteiger partial charge in [0.2, 0.25) is 0 Å². The molecule has 26 heavy (non-hydrogen) atoms. The molecule has 2 saturated heterocycles. The summed E-state index contributed by atoms with van der Waals surface area (Å²) in [6.45, 7) is 5.05. The zero-order valence-electron chi connectivity index (χ0n) is 14.8. The predicted octanol–water partition coefficient (Wildman–Crippen LogP) is 2.78. The highest BCUT2D eigenvalue weighted by Crippen LogP contribution is 2.21. The van der Waals surface area contributed by atoms with E-state index >= 15 is 0 Å². The number of hydrogen-bond donors (Lipinski definition) is 0. The number of piperazine rings is 1. The maximum atomic E-state index is 13.1. The van der Waals surface area contributed by atoms with E-state index in [2.05, 4.69) is 14.8 Å². The summed E-state index contributed by atoms with van der Waals surface area (Å²) in [5.41, 5.74) is 1.76. The van der Waals surface area contributed by atoms with Crippen LogP contribution in [0, 0.1) is 5.82 Å². The Morgan fingerprint density at radius 1 is 0.885 bits per heavy atom. The van der Waals surface area contributed by atoms with Crippen molar-refractivity contribution in [1.82, 2.24) is 9.88 Å². The van der Waals surface area contributed by atoms with Gasteiger partial charge < -0.3 is 14.7 Å². The van der Waals surface area contributed by atoms with Gasteiger partial charge in [0.15, 0.2) is 0 Å². The van der Waals surface area contributed by atoms with E-state index in [1.54, 1.807) is 12.3 Å². The number of aromatic nitrogens is 1. The monoisotopic (exact) mass is 354 g/mol. The summed E-state index contributed by atoms with van der Waals surface area (Å²) < 4.78 is 13.1. The molecule has 2 aliphatic heterocycles. The molecule has 0 saturated carbocycles. The molecule has 6 heteroatoms. The van der Waals surface area contributed by atoms with Crippen LogP contribution in [-0.2, 0) is 0 Å². The van der Waals surface area contributed by atoms with E-state index < -0.39 is 0 Å². The van der Waals surface area contributed by atoms with E-state index in [9.17, 15) is 9.18 Å². The van der Waals surface area contributed by atoms with Crippen LogP contribution in [0.3, 0.4) is 0 Å². The molecule has 0 aliphatic carbocycles. The third kappa shape index (κ3) is 3.49. The third-order valence-corrected chi connectivity index (χ3v) is 5.18. The van der Waals surface area contributed by atoms with Gasteiger partial charge in [-0.2, -0.15) is 0 Å². The summed E-state index contributed by atoms with van der Waals surface area (Å²) >= 11 is 0. The zero-order valence-corrected chi connectivity index (χ0v) is 14.8. The molecule has 4 rings (SSSR count). The summed E-state index contributed by atoms with van der Waals surface area (Å²) in [5, 5.41) is 0. The lowest BCUT2D eigenvalue weighted by Crippen LogP contribution is -2.46. The molecule has 2 aromatic rings. The molecule has 2 fully saturated rings. The molecule has 0 N–H and O–H groups in total. The Labute approximate surface area is 153 Å². The highest BCUT2D eigenvalue weighted by atomic mass is 19.1. The minimum atomic E-state index is -0.212. The largest absolute Gasteiger partial charge is 0.368 e. The molecule has 0 spiro atoms. The van der Waals surface area contributed by atoms with Gasteiger partial charge in [0.05, 0.1) is 0 Å². The van der Waals surface area contributed by atoms with Crippen molar-refractivity contribution in [2.45, 2.75) is 12.8 Å². The first-order valence-electron chi connectivity index (χ1n) is 9.21. The molecule has 0 bridgehead atoms.